The van der Waals surface area contributed by atoms with Gasteiger partial charge in [-0.05, 0) is 66.4 Å². The number of carbonyl (C=O) groups is 1. The zero-order valence-corrected chi connectivity index (χ0v) is 25.7. The Hall–Kier alpha value is -3.91. The van der Waals surface area contributed by atoms with Gasteiger partial charge in [0.25, 0.3) is 0 Å². The molecular weight excluding hydrogens is 588 g/mol. The molecular formula is C34H34Cl2FN3O3. The SMILES string of the molecule is Cc1ccc(CN2CCN(/C(=C/C=O)c3cc(C)c(Oc4ccc(OCc5ccc(F)cc5)cn4)c(Cl)c3)CC2)cc1.Cl. The molecule has 1 aliphatic heterocycles. The topological polar surface area (TPSA) is 54.9 Å². The molecule has 3 aromatic carbocycles. The number of rotatable bonds is 10. The van der Waals surface area contributed by atoms with Crippen molar-refractivity contribution in [3.8, 4) is 17.4 Å². The third kappa shape index (κ3) is 8.57. The van der Waals surface area contributed by atoms with Gasteiger partial charge in [-0.25, -0.2) is 9.37 Å². The van der Waals surface area contributed by atoms with Crippen LogP contribution in [0.2, 0.25) is 5.02 Å². The number of pyridine rings is 1. The van der Waals surface area contributed by atoms with Crippen LogP contribution < -0.4 is 9.47 Å². The first-order valence-corrected chi connectivity index (χ1v) is 14.3. The van der Waals surface area contributed by atoms with E-state index >= 15 is 0 Å². The van der Waals surface area contributed by atoms with E-state index in [1.54, 1.807) is 36.5 Å². The maximum atomic E-state index is 13.1. The lowest BCUT2D eigenvalue weighted by atomic mass is 10.1. The molecule has 5 rings (SSSR count). The van der Waals surface area contributed by atoms with Gasteiger partial charge in [0, 0.05) is 50.6 Å². The van der Waals surface area contributed by atoms with Crippen LogP contribution in [-0.2, 0) is 17.9 Å². The maximum absolute atomic E-state index is 13.1. The van der Waals surface area contributed by atoms with Crippen molar-refractivity contribution in [1.29, 1.82) is 0 Å². The first kappa shape index (κ1) is 32.0. The van der Waals surface area contributed by atoms with Gasteiger partial charge >= 0.3 is 0 Å². The Labute approximate surface area is 263 Å². The maximum Gasteiger partial charge on any atom is 0.219 e. The standard InChI is InChI=1S/C34H33ClFN3O3.ClH/c1-24-3-5-26(6-4-24)22-38-14-16-39(17-15-38)32(13-18-40)28-19-25(2)34(31(35)20-28)42-33-12-11-30(21-37-33)41-23-27-7-9-29(36)10-8-27;/h3-13,18-21H,14-17,22-23H2,1-2H3;1H/b32-13+;. The molecule has 0 radical (unpaired) electrons. The number of piperazine rings is 1. The monoisotopic (exact) mass is 621 g/mol. The summed E-state index contributed by atoms with van der Waals surface area (Å²) in [4.78, 5) is 20.6. The number of allylic oxidation sites excluding steroid dienone is 1. The minimum atomic E-state index is -0.285. The molecule has 1 aliphatic rings. The second-order valence-electron chi connectivity index (χ2n) is 10.4. The summed E-state index contributed by atoms with van der Waals surface area (Å²) in [6, 6.07) is 22.1. The molecule has 0 unspecified atom stereocenters. The van der Waals surface area contributed by atoms with Gasteiger partial charge in [0.05, 0.1) is 11.2 Å². The fourth-order valence-corrected chi connectivity index (χ4v) is 5.22. The number of halogens is 3. The molecule has 0 spiro atoms. The summed E-state index contributed by atoms with van der Waals surface area (Å²) < 4.78 is 24.9. The zero-order valence-electron chi connectivity index (χ0n) is 24.1. The van der Waals surface area contributed by atoms with Crippen molar-refractivity contribution in [3.63, 3.8) is 0 Å². The normalized spacial score (nSPS) is 13.8. The van der Waals surface area contributed by atoms with Gasteiger partial charge in [-0.1, -0.05) is 53.6 Å². The second-order valence-corrected chi connectivity index (χ2v) is 10.8. The Morgan fingerprint density at radius 2 is 1.65 bits per heavy atom. The van der Waals surface area contributed by atoms with Gasteiger partial charge < -0.3 is 14.4 Å². The summed E-state index contributed by atoms with van der Waals surface area (Å²) in [6.45, 7) is 8.63. The summed E-state index contributed by atoms with van der Waals surface area (Å²) in [6.07, 6.45) is 4.00. The Bertz CT molecular complexity index is 1510. The highest BCUT2D eigenvalue weighted by Crippen LogP contribution is 2.36. The van der Waals surface area contributed by atoms with Crippen LogP contribution in [0.4, 0.5) is 4.39 Å². The smallest absolute Gasteiger partial charge is 0.219 e. The van der Waals surface area contributed by atoms with Crippen LogP contribution in [0.5, 0.6) is 17.4 Å². The second kappa shape index (κ2) is 15.0. The zero-order chi connectivity index (χ0) is 29.5. The van der Waals surface area contributed by atoms with Gasteiger partial charge in [0.1, 0.15) is 24.5 Å². The molecule has 0 saturated carbocycles. The molecule has 6 nitrogen and oxygen atoms in total. The van der Waals surface area contributed by atoms with E-state index < -0.39 is 0 Å². The number of aryl methyl sites for hydroxylation is 2. The summed E-state index contributed by atoms with van der Waals surface area (Å²) >= 11 is 6.71. The molecule has 0 aliphatic carbocycles. The van der Waals surface area contributed by atoms with Crippen LogP contribution in [0.25, 0.3) is 5.70 Å². The summed E-state index contributed by atoms with van der Waals surface area (Å²) in [5, 5.41) is 0.429. The quantitative estimate of drug-likeness (QED) is 0.134. The number of ether oxygens (including phenoxy) is 2. The first-order chi connectivity index (χ1) is 20.4. The Kier molecular flexibility index (Phi) is 11.2. The van der Waals surface area contributed by atoms with E-state index in [1.165, 1.54) is 23.3 Å². The number of hydrogen-bond donors (Lipinski definition) is 0. The first-order valence-electron chi connectivity index (χ1n) is 13.9. The highest BCUT2D eigenvalue weighted by atomic mass is 35.5. The minimum absolute atomic E-state index is 0. The molecule has 1 aromatic heterocycles. The number of benzene rings is 3. The van der Waals surface area contributed by atoms with Crippen LogP contribution in [0, 0.1) is 19.7 Å². The van der Waals surface area contributed by atoms with Crippen molar-refractivity contribution in [2.24, 2.45) is 0 Å². The van der Waals surface area contributed by atoms with Crippen LogP contribution >= 0.6 is 24.0 Å². The fourth-order valence-electron chi connectivity index (χ4n) is 4.92. The number of aromatic nitrogens is 1. The molecule has 43 heavy (non-hydrogen) atoms. The number of carbonyl (C=O) groups excluding carboxylic acids is 1. The molecule has 0 atom stereocenters. The Balaban J connectivity index is 0.00000423. The highest BCUT2D eigenvalue weighted by Gasteiger charge is 2.21. The lowest BCUT2D eigenvalue weighted by Gasteiger charge is -2.37. The van der Waals surface area contributed by atoms with E-state index in [4.69, 9.17) is 21.1 Å². The number of nitrogens with zero attached hydrogens (tertiary/aromatic N) is 3. The largest absolute Gasteiger partial charge is 0.487 e. The molecule has 0 amide bonds. The van der Waals surface area contributed by atoms with E-state index in [1.807, 2.05) is 19.1 Å². The molecule has 2 heterocycles. The highest BCUT2D eigenvalue weighted by molar-refractivity contribution is 6.32. The summed E-state index contributed by atoms with van der Waals surface area (Å²) in [5.41, 5.74) is 5.95. The minimum Gasteiger partial charge on any atom is -0.487 e. The van der Waals surface area contributed by atoms with Gasteiger partial charge in [0.2, 0.25) is 5.88 Å². The molecule has 4 aromatic rings. The van der Waals surface area contributed by atoms with Gasteiger partial charge in [-0.2, -0.15) is 0 Å². The van der Waals surface area contributed by atoms with Gasteiger partial charge in [-0.15, -0.1) is 12.4 Å². The van der Waals surface area contributed by atoms with Crippen molar-refractivity contribution >= 4 is 36.0 Å². The van der Waals surface area contributed by atoms with Crippen LogP contribution in [0.15, 0.2) is 85.1 Å². The van der Waals surface area contributed by atoms with Crippen LogP contribution in [-0.4, -0.2) is 47.2 Å². The molecule has 9 heteroatoms. The summed E-state index contributed by atoms with van der Waals surface area (Å²) in [5.74, 6) is 1.15. The lowest BCUT2D eigenvalue weighted by molar-refractivity contribution is -0.104. The van der Waals surface area contributed by atoms with Crippen molar-refractivity contribution in [2.75, 3.05) is 26.2 Å². The molecule has 224 valence electrons. The van der Waals surface area contributed by atoms with Crippen LogP contribution in [0.1, 0.15) is 27.8 Å². The molecule has 1 saturated heterocycles. The van der Waals surface area contributed by atoms with E-state index in [-0.39, 0.29) is 18.2 Å². The van der Waals surface area contributed by atoms with Crippen molar-refractivity contribution in [3.05, 3.63) is 124 Å². The number of hydrogen-bond acceptors (Lipinski definition) is 6. The van der Waals surface area contributed by atoms with Gasteiger partial charge in [-0.3, -0.25) is 9.69 Å². The van der Waals surface area contributed by atoms with Gasteiger partial charge in [0.15, 0.2) is 5.75 Å². The average molecular weight is 623 g/mol. The van der Waals surface area contributed by atoms with E-state index in [0.717, 1.165) is 61.4 Å². The third-order valence-electron chi connectivity index (χ3n) is 7.23. The van der Waals surface area contributed by atoms with E-state index in [0.29, 0.717) is 29.0 Å². The average Bonchev–Trinajstić information content (AvgIpc) is 3.00. The molecule has 1 fully saturated rings. The van der Waals surface area contributed by atoms with E-state index in [9.17, 15) is 9.18 Å². The summed E-state index contributed by atoms with van der Waals surface area (Å²) in [7, 11) is 0. The predicted octanol–water partition coefficient (Wildman–Crippen LogP) is 7.64. The molecule has 0 N–H and O–H groups in total. The van der Waals surface area contributed by atoms with Crippen molar-refractivity contribution < 1.29 is 18.7 Å². The fraction of sp³-hybridized carbons (Fsp3) is 0.235. The predicted molar refractivity (Wildman–Crippen MR) is 171 cm³/mol. The van der Waals surface area contributed by atoms with Crippen molar-refractivity contribution in [1.82, 2.24) is 14.8 Å². The molecule has 0 bridgehead atoms. The van der Waals surface area contributed by atoms with Crippen LogP contribution in [0.3, 0.4) is 0 Å². The van der Waals surface area contributed by atoms with E-state index in [2.05, 4.69) is 46.0 Å². The Morgan fingerprint density at radius 3 is 2.28 bits per heavy atom. The van der Waals surface area contributed by atoms with Crippen molar-refractivity contribution in [2.45, 2.75) is 27.0 Å². The third-order valence-corrected chi connectivity index (χ3v) is 7.51. The lowest BCUT2D eigenvalue weighted by Crippen LogP contribution is -2.45. The number of aldehydes is 1. The Morgan fingerprint density at radius 1 is 0.953 bits per heavy atom.